The van der Waals surface area contributed by atoms with Gasteiger partial charge in [0.05, 0.1) is 11.1 Å². The molecule has 0 saturated carbocycles. The first kappa shape index (κ1) is 21.0. The van der Waals surface area contributed by atoms with Crippen molar-refractivity contribution < 1.29 is 19.2 Å². The van der Waals surface area contributed by atoms with Crippen LogP contribution in [0.5, 0.6) is 0 Å². The quantitative estimate of drug-likeness (QED) is 0.460. The molecule has 1 aromatic rings. The van der Waals surface area contributed by atoms with Crippen molar-refractivity contribution in [3.05, 3.63) is 47.5 Å². The Balaban J connectivity index is 1.39. The van der Waals surface area contributed by atoms with Crippen molar-refractivity contribution in [2.24, 2.45) is 0 Å². The molecule has 4 aliphatic rings. The lowest BCUT2D eigenvalue weighted by Crippen LogP contribution is -2.56. The van der Waals surface area contributed by atoms with Crippen LogP contribution in [0.15, 0.2) is 30.9 Å². The van der Waals surface area contributed by atoms with Gasteiger partial charge >= 0.3 is 0 Å². The minimum Gasteiger partial charge on any atom is -0.311 e. The Morgan fingerprint density at radius 2 is 1.84 bits per heavy atom. The Bertz CT molecular complexity index is 1010. The number of hydrogen-bond donors (Lipinski definition) is 3. The summed E-state index contributed by atoms with van der Waals surface area (Å²) < 4.78 is 0. The Labute approximate surface area is 186 Å². The van der Waals surface area contributed by atoms with E-state index in [4.69, 9.17) is 0 Å². The van der Waals surface area contributed by atoms with Gasteiger partial charge in [0.1, 0.15) is 6.04 Å². The first-order chi connectivity index (χ1) is 15.4. The number of imide groups is 2. The van der Waals surface area contributed by atoms with Crippen LogP contribution in [0.4, 0.5) is 0 Å². The fourth-order valence-electron chi connectivity index (χ4n) is 5.93. The minimum atomic E-state index is -0.951. The number of piperidine rings is 2. The number of hydrogen-bond acceptors (Lipinski definition) is 6. The predicted molar refractivity (Wildman–Crippen MR) is 117 cm³/mol. The van der Waals surface area contributed by atoms with Crippen LogP contribution in [0.1, 0.15) is 71.2 Å². The Kier molecular flexibility index (Phi) is 5.22. The molecule has 3 saturated heterocycles. The van der Waals surface area contributed by atoms with Crippen LogP contribution < -0.4 is 16.0 Å². The summed E-state index contributed by atoms with van der Waals surface area (Å²) in [5, 5.41) is 9.61. The van der Waals surface area contributed by atoms with E-state index in [1.165, 1.54) is 12.8 Å². The van der Waals surface area contributed by atoms with Crippen LogP contribution in [0.3, 0.4) is 0 Å². The third kappa shape index (κ3) is 3.47. The lowest BCUT2D eigenvalue weighted by molar-refractivity contribution is -0.136. The summed E-state index contributed by atoms with van der Waals surface area (Å²) in [7, 11) is 0. The highest BCUT2D eigenvalue weighted by molar-refractivity contribution is 6.24. The third-order valence-electron chi connectivity index (χ3n) is 7.35. The van der Waals surface area contributed by atoms with Crippen molar-refractivity contribution in [2.45, 2.75) is 75.2 Å². The average molecular weight is 437 g/mol. The van der Waals surface area contributed by atoms with Gasteiger partial charge in [0.2, 0.25) is 11.8 Å². The smallest absolute Gasteiger partial charge is 0.262 e. The molecule has 32 heavy (non-hydrogen) atoms. The second kappa shape index (κ2) is 7.94. The number of fused-ring (bicyclic) bond motifs is 3. The zero-order chi connectivity index (χ0) is 22.5. The monoisotopic (exact) mass is 436 g/mol. The van der Waals surface area contributed by atoms with Gasteiger partial charge in [0.25, 0.3) is 11.8 Å². The van der Waals surface area contributed by atoms with E-state index >= 15 is 0 Å². The first-order valence-corrected chi connectivity index (χ1v) is 11.4. The van der Waals surface area contributed by atoms with E-state index in [1.807, 2.05) is 12.1 Å². The third-order valence-corrected chi connectivity index (χ3v) is 7.35. The van der Waals surface area contributed by atoms with E-state index in [0.29, 0.717) is 29.8 Å². The van der Waals surface area contributed by atoms with E-state index in [0.717, 1.165) is 29.7 Å². The number of amides is 4. The first-order valence-electron chi connectivity index (χ1n) is 11.4. The maximum absolute atomic E-state index is 13.3. The van der Waals surface area contributed by atoms with Gasteiger partial charge < -0.3 is 10.6 Å². The molecule has 4 aliphatic heterocycles. The number of carbonyl (C=O) groups is 4. The van der Waals surface area contributed by atoms with Crippen molar-refractivity contribution in [3.63, 3.8) is 0 Å². The van der Waals surface area contributed by atoms with E-state index in [9.17, 15) is 19.2 Å². The van der Waals surface area contributed by atoms with Gasteiger partial charge in [-0.3, -0.25) is 29.4 Å². The minimum absolute atomic E-state index is 0.0868. The van der Waals surface area contributed by atoms with Crippen LogP contribution >= 0.6 is 0 Å². The SMILES string of the molecule is C=CCC1(NCc2cccc3c2C(=O)N(C2CCC(=O)NC2=O)C3=O)CC2CCC(C1)N2. The molecule has 8 heteroatoms. The van der Waals surface area contributed by atoms with Gasteiger partial charge in [-0.15, -0.1) is 6.58 Å². The van der Waals surface area contributed by atoms with E-state index in [-0.39, 0.29) is 24.3 Å². The van der Waals surface area contributed by atoms with Crippen LogP contribution in [-0.4, -0.2) is 52.2 Å². The molecule has 3 fully saturated rings. The summed E-state index contributed by atoms with van der Waals surface area (Å²) in [6.45, 7) is 4.41. The van der Waals surface area contributed by atoms with E-state index < -0.39 is 23.8 Å². The molecular formula is C24H28N4O4. The van der Waals surface area contributed by atoms with E-state index in [2.05, 4.69) is 22.5 Å². The van der Waals surface area contributed by atoms with Gasteiger partial charge in [-0.1, -0.05) is 18.2 Å². The van der Waals surface area contributed by atoms with Crippen molar-refractivity contribution in [3.8, 4) is 0 Å². The number of benzene rings is 1. The van der Waals surface area contributed by atoms with Crippen LogP contribution in [0, 0.1) is 0 Å². The number of nitrogens with zero attached hydrogens (tertiary/aromatic N) is 1. The summed E-state index contributed by atoms with van der Waals surface area (Å²) in [6, 6.07) is 5.31. The number of nitrogens with one attached hydrogen (secondary N) is 3. The topological polar surface area (TPSA) is 108 Å². The van der Waals surface area contributed by atoms with Crippen molar-refractivity contribution in [2.75, 3.05) is 0 Å². The van der Waals surface area contributed by atoms with Gasteiger partial charge in [-0.25, -0.2) is 0 Å². The van der Waals surface area contributed by atoms with Gasteiger partial charge in [0, 0.05) is 30.6 Å². The molecule has 168 valence electrons. The van der Waals surface area contributed by atoms with Gasteiger partial charge in [-0.05, 0) is 50.2 Å². The summed E-state index contributed by atoms with van der Waals surface area (Å²) in [4.78, 5) is 51.2. The molecule has 0 radical (unpaired) electrons. The molecular weight excluding hydrogens is 408 g/mol. The van der Waals surface area contributed by atoms with Crippen LogP contribution in [-0.2, 0) is 16.1 Å². The molecule has 3 unspecified atom stereocenters. The number of rotatable bonds is 6. The molecule has 2 bridgehead atoms. The second-order valence-corrected chi connectivity index (χ2v) is 9.46. The lowest BCUT2D eigenvalue weighted by Gasteiger charge is -2.42. The maximum Gasteiger partial charge on any atom is 0.262 e. The molecule has 0 aliphatic carbocycles. The second-order valence-electron chi connectivity index (χ2n) is 9.46. The van der Waals surface area contributed by atoms with Crippen LogP contribution in [0.25, 0.3) is 0 Å². The molecule has 0 spiro atoms. The summed E-state index contributed by atoms with van der Waals surface area (Å²) >= 11 is 0. The highest BCUT2D eigenvalue weighted by Crippen LogP contribution is 2.37. The molecule has 4 heterocycles. The highest BCUT2D eigenvalue weighted by atomic mass is 16.2. The Hall–Kier alpha value is -2.84. The Morgan fingerprint density at radius 1 is 1.09 bits per heavy atom. The normalized spacial score (nSPS) is 31.6. The molecule has 0 aromatic heterocycles. The summed E-state index contributed by atoms with van der Waals surface area (Å²) in [5.74, 6) is -1.90. The van der Waals surface area contributed by atoms with E-state index in [1.54, 1.807) is 12.1 Å². The van der Waals surface area contributed by atoms with Gasteiger partial charge in [-0.2, -0.15) is 0 Å². The zero-order valence-electron chi connectivity index (χ0n) is 18.0. The molecule has 8 nitrogen and oxygen atoms in total. The highest BCUT2D eigenvalue weighted by Gasteiger charge is 2.46. The molecule has 4 amide bonds. The maximum atomic E-state index is 13.3. The molecule has 3 N–H and O–H groups in total. The van der Waals surface area contributed by atoms with Gasteiger partial charge in [0.15, 0.2) is 0 Å². The largest absolute Gasteiger partial charge is 0.311 e. The fourth-order valence-corrected chi connectivity index (χ4v) is 5.93. The Morgan fingerprint density at radius 3 is 2.53 bits per heavy atom. The summed E-state index contributed by atoms with van der Waals surface area (Å²) in [5.41, 5.74) is 1.35. The molecule has 5 rings (SSSR count). The lowest BCUT2D eigenvalue weighted by atomic mass is 9.81. The number of carbonyl (C=O) groups excluding carboxylic acids is 4. The summed E-state index contributed by atoms with van der Waals surface area (Å²) in [6.07, 6.45) is 7.42. The van der Waals surface area contributed by atoms with Crippen molar-refractivity contribution in [1.82, 2.24) is 20.9 Å². The predicted octanol–water partition coefficient (Wildman–Crippen LogP) is 1.41. The molecule has 1 aromatic carbocycles. The standard InChI is InChI=1S/C24H28N4O4/c1-2-10-24(11-15-6-7-16(12-24)26-15)25-13-14-4-3-5-17-20(14)23(32)28(22(17)31)18-8-9-19(29)27-21(18)30/h2-5,15-16,18,25-26H,1,6-13H2,(H,27,29,30). The van der Waals surface area contributed by atoms with Crippen molar-refractivity contribution in [1.29, 1.82) is 0 Å². The fraction of sp³-hybridized carbons (Fsp3) is 0.500. The molecule has 3 atom stereocenters. The van der Waals surface area contributed by atoms with Crippen LogP contribution in [0.2, 0.25) is 0 Å². The van der Waals surface area contributed by atoms with Crippen molar-refractivity contribution >= 4 is 23.6 Å². The average Bonchev–Trinajstić information content (AvgIpc) is 3.24. The zero-order valence-corrected chi connectivity index (χ0v) is 18.0.